The van der Waals surface area contributed by atoms with Gasteiger partial charge in [-0.15, -0.1) is 0 Å². The maximum absolute atomic E-state index is 12.9. The van der Waals surface area contributed by atoms with Crippen molar-refractivity contribution in [3.63, 3.8) is 0 Å². The van der Waals surface area contributed by atoms with Gasteiger partial charge in [0.25, 0.3) is 0 Å². The minimum absolute atomic E-state index is 0.458. The fourth-order valence-corrected chi connectivity index (χ4v) is 3.31. The Labute approximate surface area is 168 Å². The molecule has 150 valence electrons. The van der Waals surface area contributed by atoms with E-state index in [9.17, 15) is 4.79 Å². The second kappa shape index (κ2) is 6.84. The second-order valence-electron chi connectivity index (χ2n) is 7.68. The first-order valence-corrected chi connectivity index (χ1v) is 9.26. The molecule has 1 aromatic carbocycles. The molecule has 0 aliphatic heterocycles. The third kappa shape index (κ3) is 3.29. The molecule has 0 aliphatic rings. The molecule has 3 heterocycles. The number of ether oxygens (including phenoxy) is 3. The third-order valence-electron chi connectivity index (χ3n) is 4.53. The first-order chi connectivity index (χ1) is 13.8. The average molecular weight is 393 g/mol. The lowest BCUT2D eigenvalue weighted by Crippen LogP contribution is -2.27. The molecule has 7 nitrogen and oxygen atoms in total. The number of benzene rings is 1. The summed E-state index contributed by atoms with van der Waals surface area (Å²) < 4.78 is 19.8. The van der Waals surface area contributed by atoms with E-state index in [0.717, 1.165) is 16.8 Å². The van der Waals surface area contributed by atoms with E-state index in [0.29, 0.717) is 22.7 Å². The molecule has 3 aromatic heterocycles. The molecule has 29 heavy (non-hydrogen) atoms. The van der Waals surface area contributed by atoms with E-state index >= 15 is 0 Å². The Morgan fingerprint density at radius 2 is 1.79 bits per heavy atom. The molecule has 0 amide bonds. The van der Waals surface area contributed by atoms with Crippen molar-refractivity contribution in [3.8, 4) is 22.6 Å². The minimum Gasteiger partial charge on any atom is -0.493 e. The lowest BCUT2D eigenvalue weighted by Gasteiger charge is -2.19. The van der Waals surface area contributed by atoms with Gasteiger partial charge in [0.05, 0.1) is 14.2 Å². The summed E-state index contributed by atoms with van der Waals surface area (Å²) >= 11 is 0. The number of nitrogens with zero attached hydrogens (tertiary/aromatic N) is 3. The second-order valence-corrected chi connectivity index (χ2v) is 7.68. The van der Waals surface area contributed by atoms with Gasteiger partial charge in [0, 0.05) is 18.0 Å². The van der Waals surface area contributed by atoms with Crippen molar-refractivity contribution in [3.05, 3.63) is 48.8 Å². The van der Waals surface area contributed by atoms with Gasteiger partial charge in [-0.05, 0) is 50.6 Å². The number of aromatic nitrogens is 3. The van der Waals surface area contributed by atoms with Crippen molar-refractivity contribution in [2.24, 2.45) is 0 Å². The average Bonchev–Trinajstić information content (AvgIpc) is 3.23. The first-order valence-electron chi connectivity index (χ1n) is 9.26. The van der Waals surface area contributed by atoms with Crippen molar-refractivity contribution in [1.29, 1.82) is 0 Å². The van der Waals surface area contributed by atoms with Gasteiger partial charge in [-0.3, -0.25) is 4.40 Å². The Balaban J connectivity index is 1.97. The molecule has 4 aromatic rings. The van der Waals surface area contributed by atoms with Crippen LogP contribution in [0.15, 0.2) is 48.8 Å². The summed E-state index contributed by atoms with van der Waals surface area (Å²) in [4.78, 5) is 17.7. The zero-order chi connectivity index (χ0) is 20.8. The molecule has 0 unspecified atom stereocenters. The van der Waals surface area contributed by atoms with Gasteiger partial charge in [0.1, 0.15) is 16.8 Å². The van der Waals surface area contributed by atoms with Crippen LogP contribution in [-0.2, 0) is 4.74 Å². The highest BCUT2D eigenvalue weighted by Gasteiger charge is 2.24. The maximum atomic E-state index is 12.9. The molecule has 0 atom stereocenters. The molecule has 0 bridgehead atoms. The Hall–Kier alpha value is -3.48. The van der Waals surface area contributed by atoms with Crippen LogP contribution in [-0.4, -0.2) is 39.9 Å². The van der Waals surface area contributed by atoms with Crippen LogP contribution in [0, 0.1) is 0 Å². The van der Waals surface area contributed by atoms with E-state index in [1.807, 2.05) is 67.8 Å². The number of hydrogen-bond acceptors (Lipinski definition) is 5. The first kappa shape index (κ1) is 18.9. The quantitative estimate of drug-likeness (QED) is 0.502. The lowest BCUT2D eigenvalue weighted by molar-refractivity contribution is 0.0543. The molecule has 0 saturated heterocycles. The summed E-state index contributed by atoms with van der Waals surface area (Å²) in [6, 6.07) is 11.3. The molecule has 0 saturated carbocycles. The summed E-state index contributed by atoms with van der Waals surface area (Å²) in [5.41, 5.74) is 3.15. The molecule has 0 fully saturated rings. The Bertz CT molecular complexity index is 1210. The summed E-state index contributed by atoms with van der Waals surface area (Å²) in [7, 11) is 3.19. The highest BCUT2D eigenvalue weighted by molar-refractivity contribution is 5.99. The van der Waals surface area contributed by atoms with Crippen molar-refractivity contribution < 1.29 is 19.0 Å². The van der Waals surface area contributed by atoms with Gasteiger partial charge < -0.3 is 14.2 Å². The van der Waals surface area contributed by atoms with Crippen LogP contribution in [0.3, 0.4) is 0 Å². The summed E-state index contributed by atoms with van der Waals surface area (Å²) in [6.07, 6.45) is 3.18. The largest absolute Gasteiger partial charge is 0.493 e. The highest BCUT2D eigenvalue weighted by Crippen LogP contribution is 2.36. The standard InChI is InChI=1S/C22H23N3O4/c1-22(2,3)29-21(26)25-13-15(14-9-10-16(27-4)17(12-14)28-5)19-20(25)24-11-7-6-8-18(24)23-19/h6-13H,1-5H3. The fraction of sp³-hybridized carbons (Fsp3) is 0.273. The number of carbonyl (C=O) groups is 1. The van der Waals surface area contributed by atoms with Crippen LogP contribution in [0.1, 0.15) is 20.8 Å². The number of methoxy groups -OCH3 is 2. The normalized spacial score (nSPS) is 11.8. The number of hydrogen-bond donors (Lipinski definition) is 0. The molecule has 0 spiro atoms. The smallest absolute Gasteiger partial charge is 0.420 e. The Morgan fingerprint density at radius 3 is 2.48 bits per heavy atom. The van der Waals surface area contributed by atoms with Gasteiger partial charge >= 0.3 is 6.09 Å². The Kier molecular flexibility index (Phi) is 4.45. The zero-order valence-electron chi connectivity index (χ0n) is 17.1. The van der Waals surface area contributed by atoms with Gasteiger partial charge in [-0.1, -0.05) is 12.1 Å². The topological polar surface area (TPSA) is 67.0 Å². The van der Waals surface area contributed by atoms with Crippen molar-refractivity contribution in [2.75, 3.05) is 14.2 Å². The number of carbonyl (C=O) groups excluding carboxylic acids is 1. The number of rotatable bonds is 3. The molecule has 0 aliphatic carbocycles. The van der Waals surface area contributed by atoms with Crippen LogP contribution in [0.25, 0.3) is 27.9 Å². The SMILES string of the molecule is COc1ccc(-c2cn(C(=O)OC(C)(C)C)c3c2nc2ccccn23)cc1OC. The molecule has 0 radical (unpaired) electrons. The van der Waals surface area contributed by atoms with Crippen LogP contribution < -0.4 is 9.47 Å². The summed E-state index contributed by atoms with van der Waals surface area (Å²) in [5.74, 6) is 1.24. The van der Waals surface area contributed by atoms with Gasteiger partial charge in [0.15, 0.2) is 17.1 Å². The van der Waals surface area contributed by atoms with E-state index in [-0.39, 0.29) is 0 Å². The lowest BCUT2D eigenvalue weighted by atomic mass is 10.1. The fourth-order valence-electron chi connectivity index (χ4n) is 3.31. The van der Waals surface area contributed by atoms with Crippen LogP contribution in [0.4, 0.5) is 4.79 Å². The molecule has 0 N–H and O–H groups in total. The predicted molar refractivity (Wildman–Crippen MR) is 111 cm³/mol. The van der Waals surface area contributed by atoms with E-state index in [2.05, 4.69) is 0 Å². The van der Waals surface area contributed by atoms with Crippen molar-refractivity contribution in [1.82, 2.24) is 14.0 Å². The molecule has 4 rings (SSSR count). The van der Waals surface area contributed by atoms with Gasteiger partial charge in [-0.2, -0.15) is 0 Å². The van der Waals surface area contributed by atoms with E-state index < -0.39 is 11.7 Å². The summed E-state index contributed by atoms with van der Waals surface area (Å²) in [5, 5.41) is 0. The summed E-state index contributed by atoms with van der Waals surface area (Å²) in [6.45, 7) is 5.53. The molecular weight excluding hydrogens is 370 g/mol. The van der Waals surface area contributed by atoms with Gasteiger partial charge in [0.2, 0.25) is 0 Å². The molecular formula is C22H23N3O4. The van der Waals surface area contributed by atoms with Crippen LogP contribution in [0.2, 0.25) is 0 Å². The number of fused-ring (bicyclic) bond motifs is 3. The van der Waals surface area contributed by atoms with Crippen LogP contribution >= 0.6 is 0 Å². The van der Waals surface area contributed by atoms with Crippen molar-refractivity contribution in [2.45, 2.75) is 26.4 Å². The zero-order valence-corrected chi connectivity index (χ0v) is 17.1. The minimum atomic E-state index is -0.613. The maximum Gasteiger partial charge on any atom is 0.420 e. The third-order valence-corrected chi connectivity index (χ3v) is 4.53. The number of pyridine rings is 1. The van der Waals surface area contributed by atoms with Gasteiger partial charge in [-0.25, -0.2) is 14.3 Å². The van der Waals surface area contributed by atoms with E-state index in [1.54, 1.807) is 20.4 Å². The number of imidazole rings is 1. The van der Waals surface area contributed by atoms with E-state index in [1.165, 1.54) is 4.57 Å². The Morgan fingerprint density at radius 1 is 1.03 bits per heavy atom. The van der Waals surface area contributed by atoms with Crippen LogP contribution in [0.5, 0.6) is 11.5 Å². The van der Waals surface area contributed by atoms with E-state index in [4.69, 9.17) is 19.2 Å². The van der Waals surface area contributed by atoms with Crippen molar-refractivity contribution >= 4 is 22.9 Å². The highest BCUT2D eigenvalue weighted by atomic mass is 16.6. The monoisotopic (exact) mass is 393 g/mol. The predicted octanol–water partition coefficient (Wildman–Crippen LogP) is 4.76. The molecule has 7 heteroatoms.